The fraction of sp³-hybridized carbons (Fsp3) is 0.900. The normalized spacial score (nSPS) is 17.9. The van der Waals surface area contributed by atoms with E-state index in [0.29, 0.717) is 25.9 Å². The van der Waals surface area contributed by atoms with Gasteiger partial charge in [0.05, 0.1) is 6.61 Å². The summed E-state index contributed by atoms with van der Waals surface area (Å²) in [4.78, 5) is 12.3. The summed E-state index contributed by atoms with van der Waals surface area (Å²) in [7, 11) is 0. The van der Waals surface area contributed by atoms with Gasteiger partial charge in [0.25, 0.3) is 0 Å². The average Bonchev–Trinajstić information content (AvgIpc) is 2.26. The molecule has 0 bridgehead atoms. The molecule has 1 aliphatic heterocycles. The molecule has 1 saturated heterocycles. The molecule has 1 aliphatic rings. The van der Waals surface area contributed by atoms with Crippen LogP contribution in [0.2, 0.25) is 0 Å². The molecule has 0 aliphatic carbocycles. The van der Waals surface area contributed by atoms with E-state index in [1.165, 1.54) is 0 Å². The van der Waals surface area contributed by atoms with Gasteiger partial charge in [-0.1, -0.05) is 0 Å². The molecule has 1 heterocycles. The molecule has 1 fully saturated rings. The number of rotatable bonds is 3. The Morgan fingerprint density at radius 1 is 1.41 bits per heavy atom. The Morgan fingerprint density at radius 3 is 2.47 bits per heavy atom. The fourth-order valence-electron chi connectivity index (χ4n) is 1.86. The van der Waals surface area contributed by atoms with Crippen LogP contribution in [0.4, 0.5) is 18.0 Å². The third-order valence-electron chi connectivity index (χ3n) is 2.60. The lowest BCUT2D eigenvalue weighted by molar-refractivity contribution is -0.147. The van der Waals surface area contributed by atoms with Crippen molar-refractivity contribution in [1.82, 2.24) is 10.2 Å². The molecule has 7 heteroatoms. The van der Waals surface area contributed by atoms with Gasteiger partial charge in [0.2, 0.25) is 0 Å². The highest BCUT2D eigenvalue weighted by atomic mass is 19.4. The lowest BCUT2D eigenvalue weighted by Crippen LogP contribution is -2.49. The zero-order valence-corrected chi connectivity index (χ0v) is 9.72. The zero-order chi connectivity index (χ0) is 12.9. The molecule has 0 aromatic carbocycles. The van der Waals surface area contributed by atoms with Gasteiger partial charge in [-0.05, 0) is 32.9 Å². The lowest BCUT2D eigenvalue weighted by atomic mass is 10.1. The number of carbonyl (C=O) groups excluding carboxylic acids is 1. The molecule has 1 amide bonds. The summed E-state index contributed by atoms with van der Waals surface area (Å²) in [5.74, 6) is 0. The summed E-state index contributed by atoms with van der Waals surface area (Å²) >= 11 is 0. The van der Waals surface area contributed by atoms with Gasteiger partial charge < -0.3 is 10.1 Å². The standard InChI is InChI=1S/C10H17F3N2O2/c1-2-17-9(16)15(7-10(11,12)13)8-3-5-14-6-4-8/h8,14H,2-7H2,1H3. The molecule has 0 saturated carbocycles. The summed E-state index contributed by atoms with van der Waals surface area (Å²) < 4.78 is 41.9. The highest BCUT2D eigenvalue weighted by Crippen LogP contribution is 2.22. The topological polar surface area (TPSA) is 41.6 Å². The van der Waals surface area contributed by atoms with Crippen molar-refractivity contribution >= 4 is 6.09 Å². The number of ether oxygens (including phenoxy) is 1. The van der Waals surface area contributed by atoms with Crippen LogP contribution in [0.25, 0.3) is 0 Å². The second kappa shape index (κ2) is 6.09. The number of nitrogens with zero attached hydrogens (tertiary/aromatic N) is 1. The van der Waals surface area contributed by atoms with E-state index in [1.54, 1.807) is 6.92 Å². The first-order valence-electron chi connectivity index (χ1n) is 5.65. The first kappa shape index (κ1) is 14.1. The van der Waals surface area contributed by atoms with Crippen molar-refractivity contribution < 1.29 is 22.7 Å². The van der Waals surface area contributed by atoms with Gasteiger partial charge in [0.15, 0.2) is 0 Å². The van der Waals surface area contributed by atoms with Gasteiger partial charge in [0.1, 0.15) is 6.54 Å². The number of alkyl halides is 3. The van der Waals surface area contributed by atoms with E-state index >= 15 is 0 Å². The second-order valence-electron chi connectivity index (χ2n) is 3.92. The van der Waals surface area contributed by atoms with Crippen molar-refractivity contribution in [3.8, 4) is 0 Å². The molecule has 0 spiro atoms. The molecule has 0 aromatic heterocycles. The number of piperidine rings is 1. The van der Waals surface area contributed by atoms with Crippen molar-refractivity contribution in [2.75, 3.05) is 26.2 Å². The van der Waals surface area contributed by atoms with Crippen molar-refractivity contribution in [2.45, 2.75) is 32.0 Å². The van der Waals surface area contributed by atoms with Crippen LogP contribution in [0.15, 0.2) is 0 Å². The molecular formula is C10H17F3N2O2. The van der Waals surface area contributed by atoms with Gasteiger partial charge in [-0.15, -0.1) is 0 Å². The van der Waals surface area contributed by atoms with Crippen LogP contribution in [0.5, 0.6) is 0 Å². The summed E-state index contributed by atoms with van der Waals surface area (Å²) in [5.41, 5.74) is 0. The molecule has 0 aromatic rings. The monoisotopic (exact) mass is 254 g/mol. The zero-order valence-electron chi connectivity index (χ0n) is 9.72. The predicted octanol–water partition coefficient (Wildman–Crippen LogP) is 1.76. The Kier molecular flexibility index (Phi) is 5.04. The quantitative estimate of drug-likeness (QED) is 0.834. The largest absolute Gasteiger partial charge is 0.450 e. The minimum Gasteiger partial charge on any atom is -0.450 e. The van der Waals surface area contributed by atoms with E-state index in [1.807, 2.05) is 0 Å². The lowest BCUT2D eigenvalue weighted by Gasteiger charge is -2.34. The van der Waals surface area contributed by atoms with E-state index in [-0.39, 0.29) is 6.61 Å². The van der Waals surface area contributed by atoms with Gasteiger partial charge >= 0.3 is 12.3 Å². The number of amides is 1. The maximum atomic E-state index is 12.4. The maximum Gasteiger partial charge on any atom is 0.410 e. The van der Waals surface area contributed by atoms with Crippen LogP contribution in [-0.4, -0.2) is 49.5 Å². The Labute approximate surface area is 98.1 Å². The molecule has 100 valence electrons. The molecule has 1 N–H and O–H groups in total. The van der Waals surface area contributed by atoms with Crippen LogP contribution in [-0.2, 0) is 4.74 Å². The highest BCUT2D eigenvalue weighted by molar-refractivity contribution is 5.68. The van der Waals surface area contributed by atoms with Crippen LogP contribution in [0.3, 0.4) is 0 Å². The SMILES string of the molecule is CCOC(=O)N(CC(F)(F)F)C1CCNCC1. The van der Waals surface area contributed by atoms with Crippen molar-refractivity contribution in [3.63, 3.8) is 0 Å². The minimum absolute atomic E-state index is 0.0815. The van der Waals surface area contributed by atoms with E-state index in [4.69, 9.17) is 0 Å². The Hall–Kier alpha value is -0.980. The number of halogens is 3. The third kappa shape index (κ3) is 4.80. The molecule has 1 rings (SSSR count). The highest BCUT2D eigenvalue weighted by Gasteiger charge is 2.37. The Morgan fingerprint density at radius 2 is 2.00 bits per heavy atom. The van der Waals surface area contributed by atoms with Crippen LogP contribution < -0.4 is 5.32 Å². The number of carbonyl (C=O) groups is 1. The van der Waals surface area contributed by atoms with Crippen LogP contribution >= 0.6 is 0 Å². The van der Waals surface area contributed by atoms with E-state index in [0.717, 1.165) is 4.90 Å². The predicted molar refractivity (Wildman–Crippen MR) is 55.7 cm³/mol. The average molecular weight is 254 g/mol. The Bertz CT molecular complexity index is 252. The summed E-state index contributed by atoms with van der Waals surface area (Å²) in [5, 5.41) is 3.04. The summed E-state index contributed by atoms with van der Waals surface area (Å²) in [6, 6.07) is -0.392. The third-order valence-corrected chi connectivity index (χ3v) is 2.60. The van der Waals surface area contributed by atoms with Crippen LogP contribution in [0.1, 0.15) is 19.8 Å². The maximum absolute atomic E-state index is 12.4. The minimum atomic E-state index is -4.39. The van der Waals surface area contributed by atoms with E-state index in [2.05, 4.69) is 10.1 Å². The first-order valence-corrected chi connectivity index (χ1v) is 5.65. The fourth-order valence-corrected chi connectivity index (χ4v) is 1.86. The van der Waals surface area contributed by atoms with Crippen molar-refractivity contribution in [3.05, 3.63) is 0 Å². The first-order chi connectivity index (χ1) is 7.94. The molecular weight excluding hydrogens is 237 g/mol. The van der Waals surface area contributed by atoms with Crippen LogP contribution in [0, 0.1) is 0 Å². The van der Waals surface area contributed by atoms with Gasteiger partial charge in [-0.3, -0.25) is 4.90 Å². The Balaban J connectivity index is 2.66. The smallest absolute Gasteiger partial charge is 0.410 e. The molecule has 0 radical (unpaired) electrons. The number of nitrogens with one attached hydrogen (secondary N) is 1. The van der Waals surface area contributed by atoms with Gasteiger partial charge in [-0.2, -0.15) is 13.2 Å². The molecule has 0 unspecified atom stereocenters. The van der Waals surface area contributed by atoms with Crippen molar-refractivity contribution in [1.29, 1.82) is 0 Å². The molecule has 4 nitrogen and oxygen atoms in total. The summed E-state index contributed by atoms with van der Waals surface area (Å²) in [6.07, 6.45) is -4.22. The van der Waals surface area contributed by atoms with E-state index < -0.39 is 24.9 Å². The molecule has 0 atom stereocenters. The second-order valence-corrected chi connectivity index (χ2v) is 3.92. The van der Waals surface area contributed by atoms with Crippen molar-refractivity contribution in [2.24, 2.45) is 0 Å². The van der Waals surface area contributed by atoms with E-state index in [9.17, 15) is 18.0 Å². The number of hydrogen-bond donors (Lipinski definition) is 1. The number of hydrogen-bond acceptors (Lipinski definition) is 3. The van der Waals surface area contributed by atoms with Gasteiger partial charge in [0, 0.05) is 6.04 Å². The summed E-state index contributed by atoms with van der Waals surface area (Å²) in [6.45, 7) is 1.66. The van der Waals surface area contributed by atoms with Gasteiger partial charge in [-0.25, -0.2) is 4.79 Å². The molecule has 17 heavy (non-hydrogen) atoms.